The summed E-state index contributed by atoms with van der Waals surface area (Å²) in [5.41, 5.74) is 5.05. The van der Waals surface area contributed by atoms with Crippen molar-refractivity contribution in [2.45, 2.75) is 39.0 Å². The van der Waals surface area contributed by atoms with Crippen molar-refractivity contribution in [1.29, 1.82) is 0 Å². The number of carboxylic acids is 1. The molecule has 1 N–H and O–H groups in total. The molecule has 3 rings (SSSR count). The van der Waals surface area contributed by atoms with Crippen LogP contribution in [0.5, 0.6) is 0 Å². The lowest BCUT2D eigenvalue weighted by Crippen LogP contribution is -2.22. The third kappa shape index (κ3) is 4.75. The maximum absolute atomic E-state index is 12.0. The Morgan fingerprint density at radius 2 is 1.72 bits per heavy atom. The molecule has 0 aromatic heterocycles. The molecule has 0 aliphatic heterocycles. The Morgan fingerprint density at radius 3 is 2.38 bits per heavy atom. The second-order valence-electron chi connectivity index (χ2n) is 7.69. The molecule has 1 aliphatic rings. The summed E-state index contributed by atoms with van der Waals surface area (Å²) in [7, 11) is 0. The van der Waals surface area contributed by atoms with Crippen LogP contribution in [0, 0.1) is 11.8 Å². The zero-order valence-corrected chi connectivity index (χ0v) is 16.9. The molecule has 29 heavy (non-hydrogen) atoms. The lowest BCUT2D eigenvalue weighted by Gasteiger charge is -2.32. The van der Waals surface area contributed by atoms with E-state index in [1.54, 1.807) is 31.2 Å². The Kier molecular flexibility index (Phi) is 5.89. The fourth-order valence-corrected chi connectivity index (χ4v) is 3.45. The molecule has 2 aromatic carbocycles. The van der Waals surface area contributed by atoms with Gasteiger partial charge in [0.25, 0.3) is 0 Å². The number of esters is 1. The fourth-order valence-electron chi connectivity index (χ4n) is 3.45. The van der Waals surface area contributed by atoms with Gasteiger partial charge in [-0.1, -0.05) is 37.8 Å². The lowest BCUT2D eigenvalue weighted by atomic mass is 9.72. The average Bonchev–Trinajstić information content (AvgIpc) is 2.69. The summed E-state index contributed by atoms with van der Waals surface area (Å²) >= 11 is 0. The second-order valence-corrected chi connectivity index (χ2v) is 7.69. The van der Waals surface area contributed by atoms with Gasteiger partial charge >= 0.3 is 11.9 Å². The van der Waals surface area contributed by atoms with Gasteiger partial charge in [0.05, 0.1) is 18.6 Å². The quantitative estimate of drug-likeness (QED) is 0.603. The van der Waals surface area contributed by atoms with Crippen molar-refractivity contribution in [2.24, 2.45) is 0 Å². The largest absolute Gasteiger partial charge is 0.478 e. The zero-order valence-electron chi connectivity index (χ0n) is 16.9. The van der Waals surface area contributed by atoms with E-state index in [2.05, 4.69) is 37.8 Å². The normalized spacial score (nSPS) is 14.1. The van der Waals surface area contributed by atoms with E-state index in [9.17, 15) is 9.59 Å². The van der Waals surface area contributed by atoms with Crippen molar-refractivity contribution in [3.05, 3.63) is 76.4 Å². The van der Waals surface area contributed by atoms with Crippen LogP contribution >= 0.6 is 0 Å². The molecule has 0 amide bonds. The van der Waals surface area contributed by atoms with Gasteiger partial charge in [0.2, 0.25) is 0 Å². The summed E-state index contributed by atoms with van der Waals surface area (Å²) in [6, 6.07) is 12.6. The highest BCUT2D eigenvalue weighted by molar-refractivity contribution is 5.88. The van der Waals surface area contributed by atoms with E-state index in [1.165, 1.54) is 5.56 Å². The van der Waals surface area contributed by atoms with Gasteiger partial charge in [0, 0.05) is 11.1 Å². The highest BCUT2D eigenvalue weighted by Crippen LogP contribution is 2.40. The Hall–Kier alpha value is -3.32. The first-order valence-electron chi connectivity index (χ1n) is 9.65. The first-order chi connectivity index (χ1) is 13.8. The highest BCUT2D eigenvalue weighted by atomic mass is 16.5. The van der Waals surface area contributed by atoms with Crippen molar-refractivity contribution >= 4 is 17.5 Å². The number of ether oxygens (including phenoxy) is 1. The van der Waals surface area contributed by atoms with E-state index in [0.717, 1.165) is 28.7 Å². The Balaban J connectivity index is 1.91. The van der Waals surface area contributed by atoms with E-state index in [0.29, 0.717) is 6.61 Å². The minimum Gasteiger partial charge on any atom is -0.478 e. The Morgan fingerprint density at radius 1 is 1.07 bits per heavy atom. The monoisotopic (exact) mass is 388 g/mol. The van der Waals surface area contributed by atoms with Gasteiger partial charge in [-0.15, -0.1) is 0 Å². The minimum absolute atomic E-state index is 0.00782. The highest BCUT2D eigenvalue weighted by Gasteiger charge is 2.28. The van der Waals surface area contributed by atoms with Crippen LogP contribution in [0.15, 0.2) is 48.5 Å². The molecule has 0 unspecified atom stereocenters. The molecule has 0 atom stereocenters. The first-order valence-corrected chi connectivity index (χ1v) is 9.65. The topological polar surface area (TPSA) is 63.6 Å². The number of fused-ring (bicyclic) bond motifs is 1. The van der Waals surface area contributed by atoms with Crippen LogP contribution in [-0.2, 0) is 14.9 Å². The van der Waals surface area contributed by atoms with Crippen molar-refractivity contribution < 1.29 is 19.4 Å². The number of benzene rings is 2. The van der Waals surface area contributed by atoms with Gasteiger partial charge < -0.3 is 9.84 Å². The molecular formula is C25H24O4. The molecule has 0 saturated heterocycles. The minimum atomic E-state index is -0.956. The van der Waals surface area contributed by atoms with E-state index in [4.69, 9.17) is 9.84 Å². The molecule has 1 aliphatic carbocycles. The molecule has 4 heteroatoms. The van der Waals surface area contributed by atoms with E-state index in [1.807, 2.05) is 12.1 Å². The number of carboxylic acid groups (broad SMARTS) is 1. The molecular weight excluding hydrogens is 364 g/mol. The predicted molar refractivity (Wildman–Crippen MR) is 113 cm³/mol. The van der Waals surface area contributed by atoms with Crippen LogP contribution in [0.3, 0.4) is 0 Å². The van der Waals surface area contributed by atoms with Crippen molar-refractivity contribution in [1.82, 2.24) is 0 Å². The van der Waals surface area contributed by atoms with E-state index < -0.39 is 5.97 Å². The molecule has 0 radical (unpaired) electrons. The molecule has 0 spiro atoms. The van der Waals surface area contributed by atoms with E-state index >= 15 is 0 Å². The van der Waals surface area contributed by atoms with Gasteiger partial charge in [-0.2, -0.15) is 0 Å². The van der Waals surface area contributed by atoms with Gasteiger partial charge in [0.1, 0.15) is 0 Å². The lowest BCUT2D eigenvalue weighted by molar-refractivity contribution is -0.141. The summed E-state index contributed by atoms with van der Waals surface area (Å²) < 4.78 is 5.12. The summed E-state index contributed by atoms with van der Waals surface area (Å²) in [6.07, 6.45) is 3.25. The van der Waals surface area contributed by atoms with Gasteiger partial charge in [-0.3, -0.25) is 4.79 Å². The maximum atomic E-state index is 12.0. The number of carbonyl (C=O) groups excluding carboxylic acids is 1. The number of aromatic carboxylic acids is 1. The van der Waals surface area contributed by atoms with Crippen molar-refractivity contribution in [3.8, 4) is 11.8 Å². The summed E-state index contributed by atoms with van der Waals surface area (Å²) in [6.45, 7) is 6.56. The standard InChI is InChI=1S/C25H24O4/c1-4-29-23(26)16-20-13-14-25(2,3)22-12-9-18(15-21(20)22)6-5-17-7-10-19(11-8-17)24(27)28/h7-13,15H,4,14,16H2,1-3H3,(H,27,28). The van der Waals surface area contributed by atoms with Crippen LogP contribution in [0.1, 0.15) is 66.2 Å². The van der Waals surface area contributed by atoms with E-state index in [-0.39, 0.29) is 23.4 Å². The molecule has 0 heterocycles. The van der Waals surface area contributed by atoms with Gasteiger partial charge in [-0.25, -0.2) is 4.79 Å². The summed E-state index contributed by atoms with van der Waals surface area (Å²) in [5, 5.41) is 8.99. The van der Waals surface area contributed by atoms with Crippen LogP contribution in [0.4, 0.5) is 0 Å². The van der Waals surface area contributed by atoms with Crippen LogP contribution in [0.2, 0.25) is 0 Å². The Bertz CT molecular complexity index is 1030. The fraction of sp³-hybridized carbons (Fsp3) is 0.280. The van der Waals surface area contributed by atoms with Crippen molar-refractivity contribution in [2.75, 3.05) is 6.61 Å². The van der Waals surface area contributed by atoms with Gasteiger partial charge in [-0.05, 0) is 71.9 Å². The van der Waals surface area contributed by atoms with Crippen LogP contribution in [0.25, 0.3) is 5.57 Å². The van der Waals surface area contributed by atoms with Gasteiger partial charge in [0.15, 0.2) is 0 Å². The third-order valence-electron chi connectivity index (χ3n) is 5.08. The molecule has 0 fully saturated rings. The average molecular weight is 388 g/mol. The molecule has 148 valence electrons. The van der Waals surface area contributed by atoms with Crippen LogP contribution < -0.4 is 0 Å². The number of hydrogen-bond donors (Lipinski definition) is 1. The first kappa shape index (κ1) is 20.4. The Labute approximate surface area is 171 Å². The number of allylic oxidation sites excluding steroid dienone is 1. The third-order valence-corrected chi connectivity index (χ3v) is 5.08. The molecule has 0 saturated carbocycles. The zero-order chi connectivity index (χ0) is 21.0. The number of rotatable bonds is 4. The second kappa shape index (κ2) is 8.36. The predicted octanol–water partition coefficient (Wildman–Crippen LogP) is 4.80. The molecule has 0 bridgehead atoms. The van der Waals surface area contributed by atoms with Crippen molar-refractivity contribution in [3.63, 3.8) is 0 Å². The number of carbonyl (C=O) groups is 2. The number of hydrogen-bond acceptors (Lipinski definition) is 3. The molecule has 4 nitrogen and oxygen atoms in total. The SMILES string of the molecule is CCOC(=O)CC1=CCC(C)(C)c2ccc(C#Cc3ccc(C(=O)O)cc3)cc21. The van der Waals surface area contributed by atoms with Crippen LogP contribution in [-0.4, -0.2) is 23.7 Å². The smallest absolute Gasteiger partial charge is 0.335 e. The molecule has 2 aromatic rings. The maximum Gasteiger partial charge on any atom is 0.335 e. The summed E-state index contributed by atoms with van der Waals surface area (Å²) in [5.74, 6) is 5.04. The summed E-state index contributed by atoms with van der Waals surface area (Å²) in [4.78, 5) is 23.0.